The molecule has 1 saturated carbocycles. The van der Waals surface area contributed by atoms with E-state index in [9.17, 15) is 9.59 Å². The molecule has 0 radical (unpaired) electrons. The van der Waals surface area contributed by atoms with Gasteiger partial charge in [0.25, 0.3) is 5.91 Å². The van der Waals surface area contributed by atoms with Crippen LogP contribution < -0.4 is 26.4 Å². The van der Waals surface area contributed by atoms with Crippen LogP contribution in [0.25, 0.3) is 0 Å². The lowest BCUT2D eigenvalue weighted by atomic mass is 10.2. The highest BCUT2D eigenvalue weighted by Crippen LogP contribution is 2.35. The Morgan fingerprint density at radius 3 is 2.95 bits per heavy atom. The molecule has 7 nitrogen and oxygen atoms in total. The fraction of sp³-hybridized carbons (Fsp3) is 0.429. The maximum atomic E-state index is 11.9. The van der Waals surface area contributed by atoms with Gasteiger partial charge >= 0.3 is 0 Å². The standard InChI is InChI=1S/C14H18N4O3/c1-7(14(20)17-8-2-3-8)16-10-5-11-12(4-9(10)15)21-6-13(19)18-11/h4-5,7-8,16H,2-3,6,15H2,1H3,(H,17,20)(H,18,19). The van der Waals surface area contributed by atoms with Crippen LogP contribution in [0.4, 0.5) is 17.1 Å². The topological polar surface area (TPSA) is 105 Å². The van der Waals surface area contributed by atoms with Gasteiger partial charge in [-0.3, -0.25) is 9.59 Å². The molecule has 3 rings (SSSR count). The van der Waals surface area contributed by atoms with Crippen LogP contribution in [0.15, 0.2) is 12.1 Å². The molecule has 1 heterocycles. The summed E-state index contributed by atoms with van der Waals surface area (Å²) in [5.41, 5.74) is 7.57. The minimum absolute atomic E-state index is 0.0145. The van der Waals surface area contributed by atoms with Gasteiger partial charge in [0.15, 0.2) is 6.61 Å². The molecule has 0 aromatic heterocycles. The highest BCUT2D eigenvalue weighted by atomic mass is 16.5. The van der Waals surface area contributed by atoms with Crippen LogP contribution in [0.5, 0.6) is 5.75 Å². The van der Waals surface area contributed by atoms with Gasteiger partial charge in [0.05, 0.1) is 17.1 Å². The minimum Gasteiger partial charge on any atom is -0.482 e. The van der Waals surface area contributed by atoms with E-state index >= 15 is 0 Å². The van der Waals surface area contributed by atoms with Crippen LogP contribution in [0.1, 0.15) is 19.8 Å². The molecular formula is C14H18N4O3. The number of amides is 2. The van der Waals surface area contributed by atoms with Crippen LogP contribution in [-0.2, 0) is 9.59 Å². The monoisotopic (exact) mass is 290 g/mol. The van der Waals surface area contributed by atoms with E-state index in [1.165, 1.54) is 0 Å². The maximum absolute atomic E-state index is 11.9. The van der Waals surface area contributed by atoms with Crippen LogP contribution >= 0.6 is 0 Å². The summed E-state index contributed by atoms with van der Waals surface area (Å²) in [6.45, 7) is 1.76. The molecule has 2 aliphatic rings. The van der Waals surface area contributed by atoms with Gasteiger partial charge in [0, 0.05) is 12.1 Å². The fourth-order valence-corrected chi connectivity index (χ4v) is 2.12. The van der Waals surface area contributed by atoms with Crippen molar-refractivity contribution in [2.75, 3.05) is 23.0 Å². The number of hydrogen-bond acceptors (Lipinski definition) is 5. The van der Waals surface area contributed by atoms with E-state index in [0.717, 1.165) is 12.8 Å². The van der Waals surface area contributed by atoms with Crippen LogP contribution in [-0.4, -0.2) is 30.5 Å². The highest BCUT2D eigenvalue weighted by molar-refractivity contribution is 5.97. The molecule has 1 fully saturated rings. The van der Waals surface area contributed by atoms with Gasteiger partial charge < -0.3 is 26.4 Å². The number of benzene rings is 1. The molecule has 21 heavy (non-hydrogen) atoms. The van der Waals surface area contributed by atoms with Crippen LogP contribution in [0.2, 0.25) is 0 Å². The summed E-state index contributed by atoms with van der Waals surface area (Å²) in [5.74, 6) is 0.264. The van der Waals surface area contributed by atoms with E-state index in [0.29, 0.717) is 28.9 Å². The van der Waals surface area contributed by atoms with Gasteiger partial charge in [0.2, 0.25) is 5.91 Å². The van der Waals surface area contributed by atoms with Gasteiger partial charge in [-0.05, 0) is 25.8 Å². The van der Waals surface area contributed by atoms with Gasteiger partial charge in [-0.15, -0.1) is 0 Å². The summed E-state index contributed by atoms with van der Waals surface area (Å²) in [4.78, 5) is 23.3. The third-order valence-electron chi connectivity index (χ3n) is 3.47. The average molecular weight is 290 g/mol. The van der Waals surface area contributed by atoms with Crippen molar-refractivity contribution in [2.45, 2.75) is 31.8 Å². The Hall–Kier alpha value is -2.44. The van der Waals surface area contributed by atoms with Crippen molar-refractivity contribution in [3.05, 3.63) is 12.1 Å². The molecule has 0 saturated heterocycles. The summed E-state index contributed by atoms with van der Waals surface area (Å²) in [7, 11) is 0. The first-order chi connectivity index (χ1) is 10.0. The smallest absolute Gasteiger partial charge is 0.262 e. The Labute approximate surface area is 122 Å². The predicted molar refractivity (Wildman–Crippen MR) is 79.2 cm³/mol. The summed E-state index contributed by atoms with van der Waals surface area (Å²) in [5, 5.41) is 8.70. The van der Waals surface area contributed by atoms with Crippen molar-refractivity contribution in [2.24, 2.45) is 0 Å². The molecule has 1 aliphatic carbocycles. The van der Waals surface area contributed by atoms with Crippen molar-refractivity contribution < 1.29 is 14.3 Å². The first kappa shape index (κ1) is 13.5. The summed E-state index contributed by atoms with van der Waals surface area (Å²) >= 11 is 0. The number of ether oxygens (including phenoxy) is 1. The number of carbonyl (C=O) groups excluding carboxylic acids is 2. The number of hydrogen-bond donors (Lipinski definition) is 4. The lowest BCUT2D eigenvalue weighted by Crippen LogP contribution is -2.38. The third-order valence-corrected chi connectivity index (χ3v) is 3.47. The lowest BCUT2D eigenvalue weighted by molar-refractivity contribution is -0.121. The SMILES string of the molecule is CC(Nc1cc2c(cc1N)OCC(=O)N2)C(=O)NC1CC1. The first-order valence-corrected chi connectivity index (χ1v) is 6.96. The largest absolute Gasteiger partial charge is 0.482 e. The van der Waals surface area contributed by atoms with E-state index in [4.69, 9.17) is 10.5 Å². The molecule has 0 spiro atoms. The number of carbonyl (C=O) groups is 2. The number of fused-ring (bicyclic) bond motifs is 1. The van der Waals surface area contributed by atoms with Crippen LogP contribution in [0.3, 0.4) is 0 Å². The zero-order valence-corrected chi connectivity index (χ0v) is 11.7. The molecule has 1 aliphatic heterocycles. The van der Waals surface area contributed by atoms with Crippen molar-refractivity contribution >= 4 is 28.9 Å². The van der Waals surface area contributed by atoms with Crippen molar-refractivity contribution in [3.63, 3.8) is 0 Å². The zero-order chi connectivity index (χ0) is 15.0. The number of rotatable bonds is 4. The first-order valence-electron chi connectivity index (χ1n) is 6.96. The predicted octanol–water partition coefficient (Wildman–Crippen LogP) is 0.679. The Kier molecular flexibility index (Phi) is 3.32. The number of anilines is 3. The highest BCUT2D eigenvalue weighted by Gasteiger charge is 2.26. The zero-order valence-electron chi connectivity index (χ0n) is 11.7. The second-order valence-corrected chi connectivity index (χ2v) is 5.42. The van der Waals surface area contributed by atoms with Gasteiger partial charge in [-0.2, -0.15) is 0 Å². The van der Waals surface area contributed by atoms with E-state index in [-0.39, 0.29) is 18.4 Å². The number of nitrogens with two attached hydrogens (primary N) is 1. The van der Waals surface area contributed by atoms with Gasteiger partial charge in [-0.25, -0.2) is 0 Å². The molecule has 112 valence electrons. The van der Waals surface area contributed by atoms with Crippen molar-refractivity contribution in [1.29, 1.82) is 0 Å². The maximum Gasteiger partial charge on any atom is 0.262 e. The van der Waals surface area contributed by atoms with Crippen molar-refractivity contribution in [1.82, 2.24) is 5.32 Å². The molecule has 0 bridgehead atoms. The van der Waals surface area contributed by atoms with Crippen molar-refractivity contribution in [3.8, 4) is 5.75 Å². The van der Waals surface area contributed by atoms with E-state index in [2.05, 4.69) is 16.0 Å². The Bertz CT molecular complexity index is 598. The minimum atomic E-state index is -0.411. The Morgan fingerprint density at radius 1 is 1.48 bits per heavy atom. The lowest BCUT2D eigenvalue weighted by Gasteiger charge is -2.22. The average Bonchev–Trinajstić information content (AvgIpc) is 3.24. The quantitative estimate of drug-likeness (QED) is 0.610. The molecule has 5 N–H and O–H groups in total. The van der Waals surface area contributed by atoms with Gasteiger partial charge in [-0.1, -0.05) is 0 Å². The summed E-state index contributed by atoms with van der Waals surface area (Å²) in [6, 6.07) is 3.23. The van der Waals surface area contributed by atoms with E-state index in [1.807, 2.05) is 0 Å². The fourth-order valence-electron chi connectivity index (χ4n) is 2.12. The van der Waals surface area contributed by atoms with E-state index < -0.39 is 6.04 Å². The number of nitrogen functional groups attached to an aromatic ring is 1. The normalized spacial score (nSPS) is 18.0. The molecule has 1 unspecified atom stereocenters. The second kappa shape index (κ2) is 5.16. The molecule has 2 amide bonds. The molecule has 1 atom stereocenters. The molecule has 7 heteroatoms. The Balaban J connectivity index is 1.73. The number of nitrogens with one attached hydrogen (secondary N) is 3. The molecule has 1 aromatic carbocycles. The van der Waals surface area contributed by atoms with Crippen LogP contribution in [0, 0.1) is 0 Å². The van der Waals surface area contributed by atoms with Gasteiger partial charge in [0.1, 0.15) is 11.8 Å². The summed E-state index contributed by atoms with van der Waals surface area (Å²) in [6.07, 6.45) is 2.09. The second-order valence-electron chi connectivity index (χ2n) is 5.42. The van der Waals surface area contributed by atoms with E-state index in [1.54, 1.807) is 19.1 Å². The third kappa shape index (κ3) is 3.01. The molecule has 1 aromatic rings. The Morgan fingerprint density at radius 2 is 2.24 bits per heavy atom. The summed E-state index contributed by atoms with van der Waals surface area (Å²) < 4.78 is 5.29. The molecular weight excluding hydrogens is 272 g/mol.